The zero-order valence-corrected chi connectivity index (χ0v) is 17.6. The van der Waals surface area contributed by atoms with Crippen LogP contribution in [0, 0.1) is 5.92 Å². The van der Waals surface area contributed by atoms with Crippen molar-refractivity contribution in [1.29, 1.82) is 0 Å². The van der Waals surface area contributed by atoms with E-state index >= 15 is 0 Å². The van der Waals surface area contributed by atoms with E-state index in [1.165, 1.54) is 11.1 Å². The Morgan fingerprint density at radius 2 is 1.80 bits per heavy atom. The molecule has 0 aromatic carbocycles. The van der Waals surface area contributed by atoms with E-state index in [1.54, 1.807) is 12.1 Å². The maximum Gasteiger partial charge on any atom is 0.303 e. The highest BCUT2D eigenvalue weighted by molar-refractivity contribution is 6.39. The van der Waals surface area contributed by atoms with E-state index < -0.39 is 11.9 Å². The van der Waals surface area contributed by atoms with E-state index in [9.17, 15) is 14.7 Å². The summed E-state index contributed by atoms with van der Waals surface area (Å²) >= 11 is 12.0. The van der Waals surface area contributed by atoms with Gasteiger partial charge in [-0.15, -0.1) is 0 Å². The number of aromatic nitrogens is 3. The second kappa shape index (κ2) is 10.0. The molecule has 0 spiro atoms. The van der Waals surface area contributed by atoms with Crippen LogP contribution in [0.15, 0.2) is 24.7 Å². The number of aliphatic hydroxyl groups excluding tert-OH is 1. The molecule has 2 N–H and O–H groups in total. The van der Waals surface area contributed by atoms with E-state index in [0.29, 0.717) is 5.69 Å². The first-order valence-electron chi connectivity index (χ1n) is 9.42. The Labute approximate surface area is 183 Å². The number of aliphatic hydroxyl groups is 1. The van der Waals surface area contributed by atoms with Gasteiger partial charge in [0.25, 0.3) is 5.91 Å². The molecule has 0 bridgehead atoms. The summed E-state index contributed by atoms with van der Waals surface area (Å²) in [5, 5.41) is 18.2. The number of halogens is 2. The summed E-state index contributed by atoms with van der Waals surface area (Å²) in [6.07, 6.45) is 4.46. The molecule has 0 saturated carbocycles. The molecule has 1 amide bonds. The monoisotopic (exact) mass is 453 g/mol. The normalized spacial score (nSPS) is 14.6. The first-order chi connectivity index (χ1) is 14.4. The summed E-state index contributed by atoms with van der Waals surface area (Å²) in [6, 6.07) is 3.51. The number of carbonyl (C=O) groups excluding carboxylic acids is 1. The molecule has 9 nitrogen and oxygen atoms in total. The van der Waals surface area contributed by atoms with Crippen molar-refractivity contribution >= 4 is 46.6 Å². The third-order valence-electron chi connectivity index (χ3n) is 4.98. The van der Waals surface area contributed by atoms with Crippen LogP contribution in [0.1, 0.15) is 29.6 Å². The van der Waals surface area contributed by atoms with Crippen molar-refractivity contribution in [2.24, 2.45) is 5.92 Å². The number of carbonyl (C=O) groups is 2. The molecule has 1 aliphatic rings. The van der Waals surface area contributed by atoms with Crippen LogP contribution in [0.25, 0.3) is 0 Å². The minimum atomic E-state index is -0.770. The quantitative estimate of drug-likeness (QED) is 0.613. The lowest BCUT2D eigenvalue weighted by Crippen LogP contribution is -2.36. The zero-order chi connectivity index (χ0) is 21.7. The lowest BCUT2D eigenvalue weighted by atomic mass is 9.94. The van der Waals surface area contributed by atoms with Gasteiger partial charge in [-0.2, -0.15) is 0 Å². The number of carboxylic acids is 1. The van der Waals surface area contributed by atoms with E-state index in [2.05, 4.69) is 19.9 Å². The van der Waals surface area contributed by atoms with Gasteiger partial charge in [0.1, 0.15) is 28.0 Å². The summed E-state index contributed by atoms with van der Waals surface area (Å²) in [5.74, 6) is -0.390. The predicted molar refractivity (Wildman–Crippen MR) is 112 cm³/mol. The third kappa shape index (κ3) is 5.16. The second-order valence-electron chi connectivity index (χ2n) is 6.91. The molecule has 3 rings (SSSR count). The number of hydrogen-bond donors (Lipinski definition) is 2. The van der Waals surface area contributed by atoms with Crippen molar-refractivity contribution in [3.8, 4) is 0 Å². The van der Waals surface area contributed by atoms with Gasteiger partial charge < -0.3 is 20.0 Å². The van der Waals surface area contributed by atoms with Gasteiger partial charge in [-0.25, -0.2) is 15.0 Å². The zero-order valence-electron chi connectivity index (χ0n) is 16.0. The SMILES string of the molecule is O=C(O)CC1CCN(c2ccc(N(CCO)C(=O)c3c(Cl)ncnc3Cl)cn2)CC1. The van der Waals surface area contributed by atoms with Crippen LogP contribution in [-0.4, -0.2) is 63.3 Å². The number of pyridine rings is 1. The summed E-state index contributed by atoms with van der Waals surface area (Å²) in [6.45, 7) is 1.18. The van der Waals surface area contributed by atoms with E-state index in [1.807, 2.05) is 0 Å². The number of amides is 1. The maximum atomic E-state index is 13.0. The van der Waals surface area contributed by atoms with Gasteiger partial charge in [0.15, 0.2) is 0 Å². The van der Waals surface area contributed by atoms with Gasteiger partial charge in [-0.05, 0) is 30.9 Å². The average Bonchev–Trinajstić information content (AvgIpc) is 2.72. The number of anilines is 2. The third-order valence-corrected chi connectivity index (χ3v) is 5.56. The smallest absolute Gasteiger partial charge is 0.303 e. The van der Waals surface area contributed by atoms with Gasteiger partial charge in [0.2, 0.25) is 0 Å². The Kier molecular flexibility index (Phi) is 7.41. The molecule has 0 unspecified atom stereocenters. The van der Waals surface area contributed by atoms with Gasteiger partial charge in [0.05, 0.1) is 18.5 Å². The van der Waals surface area contributed by atoms with Crippen LogP contribution in [0.3, 0.4) is 0 Å². The number of carboxylic acid groups (broad SMARTS) is 1. The molecule has 2 aromatic heterocycles. The first kappa shape index (κ1) is 22.2. The largest absolute Gasteiger partial charge is 0.481 e. The molecule has 1 fully saturated rings. The number of nitrogens with zero attached hydrogens (tertiary/aromatic N) is 5. The van der Waals surface area contributed by atoms with Crippen LogP contribution < -0.4 is 9.80 Å². The standard InChI is InChI=1S/C19H21Cl2N5O4/c20-17-16(18(21)24-11-23-17)19(30)26(7-8-27)13-1-2-14(22-10-13)25-5-3-12(4-6-25)9-15(28)29/h1-2,10-12,27H,3-9H2,(H,28,29). The molecule has 1 saturated heterocycles. The highest BCUT2D eigenvalue weighted by Crippen LogP contribution is 2.27. The minimum Gasteiger partial charge on any atom is -0.481 e. The summed E-state index contributed by atoms with van der Waals surface area (Å²) in [4.78, 5) is 39.3. The van der Waals surface area contributed by atoms with Crippen molar-refractivity contribution in [2.75, 3.05) is 36.0 Å². The number of hydrogen-bond acceptors (Lipinski definition) is 7. The molecular weight excluding hydrogens is 433 g/mol. The maximum absolute atomic E-state index is 13.0. The van der Waals surface area contributed by atoms with Crippen molar-refractivity contribution < 1.29 is 19.8 Å². The molecule has 3 heterocycles. The average molecular weight is 454 g/mol. The lowest BCUT2D eigenvalue weighted by Gasteiger charge is -2.32. The van der Waals surface area contributed by atoms with Crippen LogP contribution >= 0.6 is 23.2 Å². The van der Waals surface area contributed by atoms with Crippen LogP contribution in [0.4, 0.5) is 11.5 Å². The number of aliphatic carboxylic acids is 1. The fourth-order valence-corrected chi connectivity index (χ4v) is 3.92. The van der Waals surface area contributed by atoms with Gasteiger partial charge in [-0.3, -0.25) is 9.59 Å². The van der Waals surface area contributed by atoms with Gasteiger partial charge in [0, 0.05) is 26.1 Å². The molecule has 2 aromatic rings. The molecule has 0 radical (unpaired) electrons. The minimum absolute atomic E-state index is 0.0159. The Bertz CT molecular complexity index is 884. The van der Waals surface area contributed by atoms with E-state index in [-0.39, 0.29) is 41.4 Å². The molecule has 0 atom stereocenters. The van der Waals surface area contributed by atoms with Crippen molar-refractivity contribution in [1.82, 2.24) is 15.0 Å². The van der Waals surface area contributed by atoms with Gasteiger partial charge >= 0.3 is 5.97 Å². The molecule has 11 heteroatoms. The fraction of sp³-hybridized carbons (Fsp3) is 0.421. The highest BCUT2D eigenvalue weighted by atomic mass is 35.5. The molecule has 160 valence electrons. The molecule has 30 heavy (non-hydrogen) atoms. The van der Waals surface area contributed by atoms with Crippen molar-refractivity contribution in [2.45, 2.75) is 19.3 Å². The molecule has 0 aliphatic carbocycles. The second-order valence-corrected chi connectivity index (χ2v) is 7.63. The molecular formula is C19H21Cl2N5O4. The van der Waals surface area contributed by atoms with Crippen molar-refractivity contribution in [3.05, 3.63) is 40.5 Å². The van der Waals surface area contributed by atoms with Crippen LogP contribution in [0.5, 0.6) is 0 Å². The van der Waals surface area contributed by atoms with Crippen LogP contribution in [-0.2, 0) is 4.79 Å². The van der Waals surface area contributed by atoms with Crippen LogP contribution in [0.2, 0.25) is 10.3 Å². The van der Waals surface area contributed by atoms with E-state index in [4.69, 9.17) is 28.3 Å². The summed E-state index contributed by atoms with van der Waals surface area (Å²) in [7, 11) is 0. The highest BCUT2D eigenvalue weighted by Gasteiger charge is 2.25. The summed E-state index contributed by atoms with van der Waals surface area (Å²) in [5.41, 5.74) is 0.424. The first-order valence-corrected chi connectivity index (χ1v) is 10.2. The Hall–Kier alpha value is -2.49. The fourth-order valence-electron chi connectivity index (χ4n) is 3.44. The van der Waals surface area contributed by atoms with Crippen molar-refractivity contribution in [3.63, 3.8) is 0 Å². The van der Waals surface area contributed by atoms with Gasteiger partial charge in [-0.1, -0.05) is 23.2 Å². The topological polar surface area (TPSA) is 120 Å². The number of rotatable bonds is 7. The summed E-state index contributed by atoms with van der Waals surface area (Å²) < 4.78 is 0. The number of piperidine rings is 1. The predicted octanol–water partition coefficient (Wildman–Crippen LogP) is 2.51. The molecule has 1 aliphatic heterocycles. The lowest BCUT2D eigenvalue weighted by molar-refractivity contribution is -0.138. The Balaban J connectivity index is 1.74. The van der Waals surface area contributed by atoms with E-state index in [0.717, 1.165) is 38.1 Å². The Morgan fingerprint density at radius 1 is 1.13 bits per heavy atom. The Morgan fingerprint density at radius 3 is 2.33 bits per heavy atom.